The zero-order valence-corrected chi connectivity index (χ0v) is 13.6. The molecule has 1 rings (SSSR count). The Labute approximate surface area is 122 Å². The molecule has 116 valence electrons. The van der Waals surface area contributed by atoms with E-state index in [0.29, 0.717) is 13.2 Å². The van der Waals surface area contributed by atoms with E-state index >= 15 is 0 Å². The lowest BCUT2D eigenvalue weighted by molar-refractivity contribution is -0.126. The minimum absolute atomic E-state index is 0.0436. The van der Waals surface area contributed by atoms with Gasteiger partial charge < -0.3 is 9.05 Å². The number of Topliss-reactive ketones (excluding diaryl/α,β-unsaturated/α-hetero) is 1. The van der Waals surface area contributed by atoms with E-state index in [4.69, 9.17) is 9.05 Å². The molecule has 4 nitrogen and oxygen atoms in total. The van der Waals surface area contributed by atoms with Crippen molar-refractivity contribution >= 4 is 13.4 Å². The number of carbonyl (C=O) groups is 1. The van der Waals surface area contributed by atoms with Crippen LogP contribution in [-0.4, -0.2) is 25.2 Å². The average molecular weight is 302 g/mol. The molecule has 0 aromatic rings. The van der Waals surface area contributed by atoms with Crippen molar-refractivity contribution in [2.45, 2.75) is 52.4 Å². The first-order valence-corrected chi connectivity index (χ1v) is 9.27. The molecule has 0 unspecified atom stereocenters. The summed E-state index contributed by atoms with van der Waals surface area (Å²) in [6, 6.07) is 0. The molecule has 0 amide bonds. The summed E-state index contributed by atoms with van der Waals surface area (Å²) >= 11 is 0. The van der Waals surface area contributed by atoms with E-state index in [1.165, 1.54) is 0 Å². The van der Waals surface area contributed by atoms with Crippen LogP contribution in [0.1, 0.15) is 52.4 Å². The highest BCUT2D eigenvalue weighted by molar-refractivity contribution is 7.54. The lowest BCUT2D eigenvalue weighted by atomic mass is 9.78. The van der Waals surface area contributed by atoms with Gasteiger partial charge in [0.25, 0.3) is 0 Å². The van der Waals surface area contributed by atoms with Gasteiger partial charge in [-0.25, -0.2) is 0 Å². The fourth-order valence-corrected chi connectivity index (χ4v) is 4.69. The van der Waals surface area contributed by atoms with E-state index in [2.05, 4.69) is 6.58 Å². The first kappa shape index (κ1) is 17.6. The molecule has 1 aliphatic carbocycles. The molecule has 0 atom stereocenters. The highest BCUT2D eigenvalue weighted by Gasteiger charge is 2.43. The molecular formula is C15H27O4P. The second-order valence-corrected chi connectivity index (χ2v) is 7.40. The molecule has 0 bridgehead atoms. The third kappa shape index (κ3) is 4.54. The van der Waals surface area contributed by atoms with Crippen molar-refractivity contribution < 1.29 is 18.4 Å². The van der Waals surface area contributed by atoms with Gasteiger partial charge in [0.1, 0.15) is 6.16 Å². The number of rotatable bonds is 10. The summed E-state index contributed by atoms with van der Waals surface area (Å²) in [4.78, 5) is 12.7. The molecule has 5 heteroatoms. The largest absolute Gasteiger partial charge is 0.338 e. The summed E-state index contributed by atoms with van der Waals surface area (Å²) in [7, 11) is -3.28. The van der Waals surface area contributed by atoms with E-state index in [1.807, 2.05) is 6.08 Å². The predicted molar refractivity (Wildman–Crippen MR) is 81.1 cm³/mol. The Morgan fingerprint density at radius 1 is 1.25 bits per heavy atom. The monoisotopic (exact) mass is 302 g/mol. The first-order valence-electron chi connectivity index (χ1n) is 7.54. The lowest BCUT2D eigenvalue weighted by Crippen LogP contribution is -2.31. The van der Waals surface area contributed by atoms with E-state index < -0.39 is 7.60 Å². The number of hydrogen-bond donors (Lipinski definition) is 0. The van der Waals surface area contributed by atoms with Gasteiger partial charge in [-0.3, -0.25) is 9.36 Å². The molecule has 1 aliphatic rings. The van der Waals surface area contributed by atoms with Gasteiger partial charge in [-0.05, 0) is 39.5 Å². The molecule has 0 radical (unpaired) electrons. The predicted octanol–water partition coefficient (Wildman–Crippen LogP) is 4.35. The van der Waals surface area contributed by atoms with Crippen molar-refractivity contribution in [2.75, 3.05) is 19.4 Å². The smallest absolute Gasteiger partial charge is 0.309 e. The molecule has 0 N–H and O–H groups in total. The fourth-order valence-electron chi connectivity index (χ4n) is 2.96. The molecule has 0 aromatic heterocycles. The highest BCUT2D eigenvalue weighted by Crippen LogP contribution is 2.52. The van der Waals surface area contributed by atoms with Gasteiger partial charge in [-0.2, -0.15) is 0 Å². The Balaban J connectivity index is 2.79. The number of allylic oxidation sites excluding steroid dienone is 1. The summed E-state index contributed by atoms with van der Waals surface area (Å²) in [5.41, 5.74) is -0.335. The van der Waals surface area contributed by atoms with Crippen molar-refractivity contribution in [3.05, 3.63) is 12.7 Å². The lowest BCUT2D eigenvalue weighted by Gasteiger charge is -2.28. The Kier molecular flexibility index (Phi) is 7.14. The molecule has 0 aromatic carbocycles. The van der Waals surface area contributed by atoms with Crippen LogP contribution in [0.3, 0.4) is 0 Å². The summed E-state index contributed by atoms with van der Waals surface area (Å²) in [5.74, 6) is 0.0436. The van der Waals surface area contributed by atoms with Crippen LogP contribution in [0.4, 0.5) is 0 Å². The maximum Gasteiger partial charge on any atom is 0.338 e. The van der Waals surface area contributed by atoms with Gasteiger partial charge in [0.2, 0.25) is 0 Å². The Morgan fingerprint density at radius 3 is 2.25 bits per heavy atom. The van der Waals surface area contributed by atoms with E-state index in [0.717, 1.165) is 38.5 Å². The summed E-state index contributed by atoms with van der Waals surface area (Å²) in [6.07, 6.45) is 7.28. The highest BCUT2D eigenvalue weighted by atomic mass is 31.2. The van der Waals surface area contributed by atoms with Gasteiger partial charge in [0, 0.05) is 5.41 Å². The Morgan fingerprint density at radius 2 is 1.80 bits per heavy atom. The third-order valence-electron chi connectivity index (χ3n) is 3.97. The maximum absolute atomic E-state index is 12.7. The van der Waals surface area contributed by atoms with Crippen LogP contribution in [0.15, 0.2) is 12.7 Å². The standard InChI is InChI=1S/C15H27O4P/c1-4-7-10-15(11-8-9-12-15)14(16)13-20(17,18-5-2)19-6-3/h4H,1,5-13H2,2-3H3. The number of hydrogen-bond acceptors (Lipinski definition) is 4. The first-order chi connectivity index (χ1) is 9.52. The molecule has 1 fully saturated rings. The van der Waals surface area contributed by atoms with Crippen LogP contribution < -0.4 is 0 Å². The molecule has 1 saturated carbocycles. The van der Waals surface area contributed by atoms with Crippen LogP contribution in [-0.2, 0) is 18.4 Å². The number of ketones is 1. The second-order valence-electron chi connectivity index (χ2n) is 5.34. The van der Waals surface area contributed by atoms with Crippen LogP contribution >= 0.6 is 7.60 Å². The zero-order chi connectivity index (χ0) is 15.1. The van der Waals surface area contributed by atoms with Crippen LogP contribution in [0.5, 0.6) is 0 Å². The molecule has 0 saturated heterocycles. The van der Waals surface area contributed by atoms with Gasteiger partial charge in [0.15, 0.2) is 5.78 Å². The van der Waals surface area contributed by atoms with Gasteiger partial charge in [-0.1, -0.05) is 18.9 Å². The van der Waals surface area contributed by atoms with E-state index in [-0.39, 0.29) is 17.4 Å². The molecular weight excluding hydrogens is 275 g/mol. The number of carbonyl (C=O) groups excluding carboxylic acids is 1. The van der Waals surface area contributed by atoms with Crippen LogP contribution in [0.2, 0.25) is 0 Å². The van der Waals surface area contributed by atoms with Crippen molar-refractivity contribution in [3.63, 3.8) is 0 Å². The quantitative estimate of drug-likeness (QED) is 0.445. The summed E-state index contributed by atoms with van der Waals surface area (Å²) in [5, 5.41) is 0. The van der Waals surface area contributed by atoms with Crippen molar-refractivity contribution in [1.82, 2.24) is 0 Å². The summed E-state index contributed by atoms with van der Waals surface area (Å²) < 4.78 is 23.0. The maximum atomic E-state index is 12.7. The minimum Gasteiger partial charge on any atom is -0.309 e. The van der Waals surface area contributed by atoms with Crippen molar-refractivity contribution in [1.29, 1.82) is 0 Å². The molecule has 0 aliphatic heterocycles. The zero-order valence-electron chi connectivity index (χ0n) is 12.7. The van der Waals surface area contributed by atoms with E-state index in [1.54, 1.807) is 13.8 Å². The van der Waals surface area contributed by atoms with E-state index in [9.17, 15) is 9.36 Å². The Hall–Kier alpha value is -0.440. The molecule has 0 spiro atoms. The van der Waals surface area contributed by atoms with Crippen molar-refractivity contribution in [3.8, 4) is 0 Å². The SMILES string of the molecule is C=CCCC1(C(=O)CP(=O)(OCC)OCC)CCCC1. The topological polar surface area (TPSA) is 52.6 Å². The van der Waals surface area contributed by atoms with Gasteiger partial charge in [-0.15, -0.1) is 6.58 Å². The molecule has 20 heavy (non-hydrogen) atoms. The van der Waals surface area contributed by atoms with Gasteiger partial charge >= 0.3 is 7.60 Å². The minimum atomic E-state index is -3.28. The Bertz CT molecular complexity index is 362. The normalized spacial score (nSPS) is 18.1. The molecule has 0 heterocycles. The van der Waals surface area contributed by atoms with Gasteiger partial charge in [0.05, 0.1) is 13.2 Å². The van der Waals surface area contributed by atoms with Crippen LogP contribution in [0, 0.1) is 5.41 Å². The summed E-state index contributed by atoms with van der Waals surface area (Å²) in [6.45, 7) is 7.85. The average Bonchev–Trinajstić information content (AvgIpc) is 2.86. The third-order valence-corrected chi connectivity index (χ3v) is 5.95. The van der Waals surface area contributed by atoms with Crippen LogP contribution in [0.25, 0.3) is 0 Å². The van der Waals surface area contributed by atoms with Crippen molar-refractivity contribution in [2.24, 2.45) is 5.41 Å². The second kappa shape index (κ2) is 8.11. The fraction of sp³-hybridized carbons (Fsp3) is 0.800.